The van der Waals surface area contributed by atoms with E-state index in [2.05, 4.69) is 4.84 Å². The van der Waals surface area contributed by atoms with Gasteiger partial charge in [0.05, 0.1) is 24.7 Å². The number of hydrogen-bond donors (Lipinski definition) is 2. The van der Waals surface area contributed by atoms with Crippen LogP contribution < -0.4 is 0 Å². The fraction of sp³-hybridized carbons (Fsp3) is 1.00. The third kappa shape index (κ3) is 1.69. The van der Waals surface area contributed by atoms with E-state index in [1.54, 1.807) is 0 Å². The molecule has 2 saturated heterocycles. The third-order valence-corrected chi connectivity index (χ3v) is 2.49. The van der Waals surface area contributed by atoms with Crippen LogP contribution in [0.3, 0.4) is 0 Å². The van der Waals surface area contributed by atoms with E-state index in [-0.39, 0.29) is 17.6 Å². The van der Waals surface area contributed by atoms with Crippen LogP contribution in [-0.2, 0) is 14.3 Å². The molecule has 2 heterocycles. The van der Waals surface area contributed by atoms with Crippen molar-refractivity contribution in [2.75, 3.05) is 13.2 Å². The molecule has 6 heteroatoms. The Morgan fingerprint density at radius 1 is 1.23 bits per heavy atom. The van der Waals surface area contributed by atoms with E-state index in [0.717, 1.165) is 0 Å². The molecule has 2 fully saturated rings. The Kier molecular flexibility index (Phi) is 2.50. The van der Waals surface area contributed by atoms with E-state index in [4.69, 9.17) is 19.9 Å². The Balaban J connectivity index is 1.94. The highest BCUT2D eigenvalue weighted by molar-refractivity contribution is 4.92. The number of hydrogen-bond acceptors (Lipinski definition) is 6. The predicted octanol–water partition coefficient (Wildman–Crippen LogP) is -0.199. The highest BCUT2D eigenvalue weighted by Gasteiger charge is 2.47. The first-order valence-electron chi connectivity index (χ1n) is 4.26. The van der Waals surface area contributed by atoms with Crippen molar-refractivity contribution in [3.8, 4) is 0 Å². The molecule has 6 nitrogen and oxygen atoms in total. The van der Waals surface area contributed by atoms with Gasteiger partial charge in [0.15, 0.2) is 0 Å². The molecular formula is C7H13NO5. The zero-order chi connectivity index (χ0) is 9.42. The smallest absolute Gasteiger partial charge is 0.136 e. The SMILES string of the molecule is CC1COC2C(ON(O)O)COC12. The molecular weight excluding hydrogens is 178 g/mol. The van der Waals surface area contributed by atoms with Gasteiger partial charge in [0.1, 0.15) is 12.2 Å². The van der Waals surface area contributed by atoms with Crippen molar-refractivity contribution in [1.82, 2.24) is 5.39 Å². The van der Waals surface area contributed by atoms with Crippen molar-refractivity contribution in [3.05, 3.63) is 0 Å². The van der Waals surface area contributed by atoms with Crippen molar-refractivity contribution >= 4 is 0 Å². The standard InChI is InChI=1S/C7H13NO5/c1-4-2-11-7-5(13-8(9)10)3-12-6(4)7/h4-7,9-10H,2-3H2,1H3. The van der Waals surface area contributed by atoms with Crippen LogP contribution in [0.25, 0.3) is 0 Å². The molecule has 0 amide bonds. The molecule has 0 aromatic carbocycles. The van der Waals surface area contributed by atoms with E-state index in [1.807, 2.05) is 6.92 Å². The second-order valence-corrected chi connectivity index (χ2v) is 3.47. The molecule has 0 bridgehead atoms. The highest BCUT2D eigenvalue weighted by atomic mass is 17.1. The van der Waals surface area contributed by atoms with Gasteiger partial charge in [0.25, 0.3) is 0 Å². The molecule has 0 saturated carbocycles. The molecule has 4 unspecified atom stereocenters. The van der Waals surface area contributed by atoms with Gasteiger partial charge < -0.3 is 9.47 Å². The topological polar surface area (TPSA) is 71.4 Å². The van der Waals surface area contributed by atoms with Crippen LogP contribution in [-0.4, -0.2) is 47.3 Å². The van der Waals surface area contributed by atoms with E-state index < -0.39 is 6.10 Å². The van der Waals surface area contributed by atoms with Crippen LogP contribution >= 0.6 is 0 Å². The molecule has 0 spiro atoms. The zero-order valence-electron chi connectivity index (χ0n) is 7.29. The summed E-state index contributed by atoms with van der Waals surface area (Å²) in [5, 5.41) is 16.6. The molecule has 2 aliphatic rings. The largest absolute Gasteiger partial charge is 0.372 e. The van der Waals surface area contributed by atoms with Gasteiger partial charge in [-0.25, -0.2) is 4.84 Å². The second kappa shape index (κ2) is 3.49. The van der Waals surface area contributed by atoms with Crippen LogP contribution in [0.1, 0.15) is 6.92 Å². The summed E-state index contributed by atoms with van der Waals surface area (Å²) in [4.78, 5) is 4.67. The summed E-state index contributed by atoms with van der Waals surface area (Å²) in [6.45, 7) is 2.99. The quantitative estimate of drug-likeness (QED) is 0.589. The fourth-order valence-electron chi connectivity index (χ4n) is 1.87. The van der Waals surface area contributed by atoms with Crippen LogP contribution in [0.5, 0.6) is 0 Å². The summed E-state index contributed by atoms with van der Waals surface area (Å²) in [6.07, 6.45) is -0.591. The van der Waals surface area contributed by atoms with Gasteiger partial charge in [-0.1, -0.05) is 6.92 Å². The van der Waals surface area contributed by atoms with Gasteiger partial charge in [-0.15, -0.1) is 0 Å². The number of rotatable bonds is 2. The average Bonchev–Trinajstić information content (AvgIpc) is 2.56. The third-order valence-electron chi connectivity index (χ3n) is 2.49. The minimum Gasteiger partial charge on any atom is -0.372 e. The van der Waals surface area contributed by atoms with Gasteiger partial charge in [0, 0.05) is 5.92 Å². The highest BCUT2D eigenvalue weighted by Crippen LogP contribution is 2.32. The van der Waals surface area contributed by atoms with Crippen LogP contribution in [0.15, 0.2) is 0 Å². The van der Waals surface area contributed by atoms with E-state index in [0.29, 0.717) is 19.1 Å². The minimum absolute atomic E-state index is 0.0185. The molecule has 2 rings (SSSR count). The molecule has 0 aliphatic carbocycles. The maximum Gasteiger partial charge on any atom is 0.136 e. The summed E-state index contributed by atoms with van der Waals surface area (Å²) in [6, 6.07) is 0. The van der Waals surface area contributed by atoms with Crippen molar-refractivity contribution < 1.29 is 24.7 Å². The predicted molar refractivity (Wildman–Crippen MR) is 38.9 cm³/mol. The van der Waals surface area contributed by atoms with Crippen molar-refractivity contribution in [2.45, 2.75) is 25.2 Å². The summed E-state index contributed by atoms with van der Waals surface area (Å²) < 4.78 is 10.8. The van der Waals surface area contributed by atoms with Crippen LogP contribution in [0.2, 0.25) is 0 Å². The van der Waals surface area contributed by atoms with Gasteiger partial charge >= 0.3 is 0 Å². The molecule has 2 aliphatic heterocycles. The molecule has 0 aromatic heterocycles. The normalized spacial score (nSPS) is 44.3. The zero-order valence-corrected chi connectivity index (χ0v) is 7.29. The summed E-state index contributed by atoms with van der Waals surface area (Å²) in [5.74, 6) is 0.337. The lowest BCUT2D eigenvalue weighted by Crippen LogP contribution is -2.35. The van der Waals surface area contributed by atoms with E-state index >= 15 is 0 Å². The van der Waals surface area contributed by atoms with Crippen molar-refractivity contribution in [1.29, 1.82) is 0 Å². The maximum absolute atomic E-state index is 8.45. The first-order chi connectivity index (χ1) is 6.18. The molecule has 0 radical (unpaired) electrons. The van der Waals surface area contributed by atoms with Crippen LogP contribution in [0.4, 0.5) is 0 Å². The lowest BCUT2D eigenvalue weighted by Gasteiger charge is -2.17. The van der Waals surface area contributed by atoms with Gasteiger partial charge in [-0.2, -0.15) is 0 Å². The molecule has 2 N–H and O–H groups in total. The Morgan fingerprint density at radius 3 is 2.62 bits per heavy atom. The molecule has 76 valence electrons. The van der Waals surface area contributed by atoms with Gasteiger partial charge in [0.2, 0.25) is 0 Å². The number of fused-ring (bicyclic) bond motifs is 1. The van der Waals surface area contributed by atoms with Gasteiger partial charge in [-0.3, -0.25) is 10.4 Å². The Hall–Kier alpha value is -0.240. The van der Waals surface area contributed by atoms with Crippen molar-refractivity contribution in [2.24, 2.45) is 5.92 Å². The Bertz CT molecular complexity index is 188. The maximum atomic E-state index is 8.45. The lowest BCUT2D eigenvalue weighted by molar-refractivity contribution is -0.507. The summed E-state index contributed by atoms with van der Waals surface area (Å²) >= 11 is 0. The lowest BCUT2D eigenvalue weighted by atomic mass is 10.0. The Morgan fingerprint density at radius 2 is 1.92 bits per heavy atom. The summed E-state index contributed by atoms with van der Waals surface area (Å²) in [5.41, 5.74) is 0. The number of nitrogens with zero attached hydrogens (tertiary/aromatic N) is 1. The summed E-state index contributed by atoms with van der Waals surface area (Å²) in [7, 11) is 0. The molecule has 4 atom stereocenters. The second-order valence-electron chi connectivity index (χ2n) is 3.47. The average molecular weight is 191 g/mol. The monoisotopic (exact) mass is 191 g/mol. The first kappa shape index (κ1) is 9.32. The van der Waals surface area contributed by atoms with E-state index in [1.165, 1.54) is 0 Å². The fourth-order valence-corrected chi connectivity index (χ4v) is 1.87. The minimum atomic E-state index is -0.426. The number of ether oxygens (including phenoxy) is 2. The Labute approximate surface area is 75.5 Å². The van der Waals surface area contributed by atoms with Crippen LogP contribution in [0, 0.1) is 5.92 Å². The molecule has 0 aromatic rings. The van der Waals surface area contributed by atoms with Crippen molar-refractivity contribution in [3.63, 3.8) is 0 Å². The molecule has 13 heavy (non-hydrogen) atoms. The first-order valence-corrected chi connectivity index (χ1v) is 4.26. The van der Waals surface area contributed by atoms with E-state index in [9.17, 15) is 0 Å². The van der Waals surface area contributed by atoms with Gasteiger partial charge in [-0.05, 0) is 0 Å².